The van der Waals surface area contributed by atoms with Crippen LogP contribution in [0.5, 0.6) is 0 Å². The molecule has 2 aromatic heterocycles. The van der Waals surface area contributed by atoms with Gasteiger partial charge < -0.3 is 9.88 Å². The smallest absolute Gasteiger partial charge is 0.0553 e. The van der Waals surface area contributed by atoms with Gasteiger partial charge in [-0.05, 0) is 31.2 Å². The summed E-state index contributed by atoms with van der Waals surface area (Å²) < 4.78 is 2.11. The average Bonchev–Trinajstić information content (AvgIpc) is 2.63. The molecule has 3 heteroatoms. The molecule has 0 aliphatic heterocycles. The van der Waals surface area contributed by atoms with E-state index in [1.54, 1.807) is 0 Å². The Morgan fingerprint density at radius 3 is 2.80 bits per heavy atom. The van der Waals surface area contributed by atoms with Crippen molar-refractivity contribution in [1.29, 1.82) is 0 Å². The molecule has 2 heterocycles. The van der Waals surface area contributed by atoms with Crippen LogP contribution in [0.3, 0.4) is 0 Å². The molecule has 78 valence electrons. The molecule has 0 atom stereocenters. The van der Waals surface area contributed by atoms with Crippen LogP contribution in [0, 0.1) is 6.92 Å². The van der Waals surface area contributed by atoms with Crippen molar-refractivity contribution < 1.29 is 0 Å². The summed E-state index contributed by atoms with van der Waals surface area (Å²) in [6, 6.07) is 8.21. The first-order chi connectivity index (χ1) is 7.25. The minimum Gasteiger partial charge on any atom is -0.378 e. The van der Waals surface area contributed by atoms with Crippen LogP contribution < -0.4 is 5.32 Å². The number of hydrogen-bond donors (Lipinski definition) is 1. The number of nitrogens with zero attached hydrogens (tertiary/aromatic N) is 2. The summed E-state index contributed by atoms with van der Waals surface area (Å²) in [7, 11) is 2.05. The number of rotatable bonds is 3. The van der Waals surface area contributed by atoms with Crippen LogP contribution in [-0.4, -0.2) is 9.55 Å². The SMILES string of the molecule is Cc1ccc(NCc2cccn2C)cn1. The Labute approximate surface area is 89.8 Å². The molecule has 2 rings (SSSR count). The van der Waals surface area contributed by atoms with Crippen molar-refractivity contribution in [3.8, 4) is 0 Å². The maximum Gasteiger partial charge on any atom is 0.0553 e. The minimum atomic E-state index is 0.828. The van der Waals surface area contributed by atoms with E-state index < -0.39 is 0 Å². The van der Waals surface area contributed by atoms with Gasteiger partial charge in [0, 0.05) is 24.6 Å². The highest BCUT2D eigenvalue weighted by Gasteiger charge is 1.97. The first-order valence-corrected chi connectivity index (χ1v) is 5.02. The zero-order valence-corrected chi connectivity index (χ0v) is 9.07. The van der Waals surface area contributed by atoms with Crippen LogP contribution in [0.15, 0.2) is 36.7 Å². The molecular formula is C12H15N3. The molecule has 15 heavy (non-hydrogen) atoms. The van der Waals surface area contributed by atoms with E-state index in [4.69, 9.17) is 0 Å². The van der Waals surface area contributed by atoms with E-state index >= 15 is 0 Å². The molecule has 0 bridgehead atoms. The normalized spacial score (nSPS) is 10.3. The van der Waals surface area contributed by atoms with Gasteiger partial charge in [0.15, 0.2) is 0 Å². The van der Waals surface area contributed by atoms with E-state index in [1.165, 1.54) is 5.69 Å². The van der Waals surface area contributed by atoms with Gasteiger partial charge in [-0.15, -0.1) is 0 Å². The number of aryl methyl sites for hydroxylation is 2. The highest BCUT2D eigenvalue weighted by Crippen LogP contribution is 2.08. The Morgan fingerprint density at radius 1 is 1.33 bits per heavy atom. The molecule has 0 radical (unpaired) electrons. The van der Waals surface area contributed by atoms with Crippen LogP contribution in [0.4, 0.5) is 5.69 Å². The van der Waals surface area contributed by atoms with E-state index in [2.05, 4.69) is 20.9 Å². The summed E-state index contributed by atoms with van der Waals surface area (Å²) in [6.45, 7) is 2.81. The lowest BCUT2D eigenvalue weighted by Crippen LogP contribution is -2.04. The predicted molar refractivity (Wildman–Crippen MR) is 61.7 cm³/mol. The quantitative estimate of drug-likeness (QED) is 0.826. The third-order valence-electron chi connectivity index (χ3n) is 2.44. The second kappa shape index (κ2) is 4.17. The Morgan fingerprint density at radius 2 is 2.20 bits per heavy atom. The van der Waals surface area contributed by atoms with Crippen molar-refractivity contribution in [2.75, 3.05) is 5.32 Å². The molecule has 0 aliphatic rings. The molecule has 0 fully saturated rings. The Kier molecular flexibility index (Phi) is 2.72. The second-order valence-corrected chi connectivity index (χ2v) is 3.65. The summed E-state index contributed by atoms with van der Waals surface area (Å²) in [5, 5.41) is 3.33. The van der Waals surface area contributed by atoms with Crippen molar-refractivity contribution in [2.45, 2.75) is 13.5 Å². The van der Waals surface area contributed by atoms with Gasteiger partial charge in [-0.3, -0.25) is 4.98 Å². The van der Waals surface area contributed by atoms with Crippen molar-refractivity contribution in [1.82, 2.24) is 9.55 Å². The van der Waals surface area contributed by atoms with E-state index in [-0.39, 0.29) is 0 Å². The van der Waals surface area contributed by atoms with Gasteiger partial charge >= 0.3 is 0 Å². The number of hydrogen-bond acceptors (Lipinski definition) is 2. The van der Waals surface area contributed by atoms with E-state index in [0.717, 1.165) is 17.9 Å². The Bertz CT molecular complexity index is 428. The lowest BCUT2D eigenvalue weighted by molar-refractivity contribution is 0.842. The molecule has 1 N–H and O–H groups in total. The fourth-order valence-electron chi connectivity index (χ4n) is 1.45. The molecular weight excluding hydrogens is 186 g/mol. The monoisotopic (exact) mass is 201 g/mol. The topological polar surface area (TPSA) is 29.9 Å². The van der Waals surface area contributed by atoms with Gasteiger partial charge in [-0.25, -0.2) is 0 Å². The number of anilines is 1. The first-order valence-electron chi connectivity index (χ1n) is 5.02. The Hall–Kier alpha value is -1.77. The lowest BCUT2D eigenvalue weighted by atomic mass is 10.3. The highest BCUT2D eigenvalue weighted by molar-refractivity contribution is 5.41. The van der Waals surface area contributed by atoms with Crippen LogP contribution >= 0.6 is 0 Å². The molecule has 0 amide bonds. The molecule has 3 nitrogen and oxygen atoms in total. The number of nitrogens with one attached hydrogen (secondary N) is 1. The number of pyridine rings is 1. The maximum atomic E-state index is 4.23. The largest absolute Gasteiger partial charge is 0.378 e. The highest BCUT2D eigenvalue weighted by atomic mass is 15.0. The minimum absolute atomic E-state index is 0.828. The molecule has 0 saturated heterocycles. The third-order valence-corrected chi connectivity index (χ3v) is 2.44. The third kappa shape index (κ3) is 2.37. The molecule has 0 aliphatic carbocycles. The zero-order valence-electron chi connectivity index (χ0n) is 9.07. The van der Waals surface area contributed by atoms with Crippen LogP contribution in [0.2, 0.25) is 0 Å². The summed E-state index contributed by atoms with van der Waals surface area (Å²) in [5.74, 6) is 0. The van der Waals surface area contributed by atoms with Gasteiger partial charge in [-0.2, -0.15) is 0 Å². The van der Waals surface area contributed by atoms with Crippen molar-refractivity contribution >= 4 is 5.69 Å². The van der Waals surface area contributed by atoms with E-state index in [0.29, 0.717) is 0 Å². The fraction of sp³-hybridized carbons (Fsp3) is 0.250. The lowest BCUT2D eigenvalue weighted by Gasteiger charge is -2.07. The van der Waals surface area contributed by atoms with Gasteiger partial charge in [0.05, 0.1) is 18.4 Å². The van der Waals surface area contributed by atoms with Crippen LogP contribution in [-0.2, 0) is 13.6 Å². The zero-order chi connectivity index (χ0) is 10.7. The van der Waals surface area contributed by atoms with Crippen molar-refractivity contribution in [3.05, 3.63) is 48.0 Å². The predicted octanol–water partition coefficient (Wildman–Crippen LogP) is 2.34. The van der Waals surface area contributed by atoms with Crippen LogP contribution in [0.25, 0.3) is 0 Å². The van der Waals surface area contributed by atoms with Gasteiger partial charge in [-0.1, -0.05) is 0 Å². The van der Waals surface area contributed by atoms with Gasteiger partial charge in [0.2, 0.25) is 0 Å². The summed E-state index contributed by atoms with van der Waals surface area (Å²) in [6.07, 6.45) is 3.91. The maximum absolute atomic E-state index is 4.23. The average molecular weight is 201 g/mol. The van der Waals surface area contributed by atoms with Crippen molar-refractivity contribution in [2.24, 2.45) is 7.05 Å². The first kappa shape index (κ1) is 9.77. The van der Waals surface area contributed by atoms with Gasteiger partial charge in [0.25, 0.3) is 0 Å². The molecule has 0 saturated carbocycles. The number of aromatic nitrogens is 2. The summed E-state index contributed by atoms with van der Waals surface area (Å²) in [5.41, 5.74) is 3.36. The summed E-state index contributed by atoms with van der Waals surface area (Å²) in [4.78, 5) is 4.23. The summed E-state index contributed by atoms with van der Waals surface area (Å²) >= 11 is 0. The fourth-order valence-corrected chi connectivity index (χ4v) is 1.45. The van der Waals surface area contributed by atoms with Crippen molar-refractivity contribution in [3.63, 3.8) is 0 Å². The van der Waals surface area contributed by atoms with Crippen LogP contribution in [0.1, 0.15) is 11.4 Å². The standard InChI is InChI=1S/C12H15N3/c1-10-5-6-11(8-13-10)14-9-12-4-3-7-15(12)2/h3-8,14H,9H2,1-2H3. The molecule has 0 unspecified atom stereocenters. The molecule has 0 aromatic carbocycles. The van der Waals surface area contributed by atoms with Gasteiger partial charge in [0.1, 0.15) is 0 Å². The molecule has 0 spiro atoms. The van der Waals surface area contributed by atoms with E-state index in [9.17, 15) is 0 Å². The Balaban J connectivity index is 1.99. The second-order valence-electron chi connectivity index (χ2n) is 3.65. The molecule has 2 aromatic rings. The van der Waals surface area contributed by atoms with E-state index in [1.807, 2.05) is 44.6 Å².